The zero-order chi connectivity index (χ0) is 8.69. The van der Waals surface area contributed by atoms with E-state index in [0.717, 1.165) is 18.4 Å². The van der Waals surface area contributed by atoms with Crippen molar-refractivity contribution in [3.8, 4) is 0 Å². The maximum absolute atomic E-state index is 8.67. The van der Waals surface area contributed by atoms with E-state index in [4.69, 9.17) is 5.11 Å². The fourth-order valence-electron chi connectivity index (χ4n) is 0.775. The molecule has 11 heavy (non-hydrogen) atoms. The molecular formula is C10H18O. The van der Waals surface area contributed by atoms with Gasteiger partial charge in [0.05, 0.1) is 6.61 Å². The van der Waals surface area contributed by atoms with Gasteiger partial charge in [0.15, 0.2) is 0 Å². The quantitative estimate of drug-likeness (QED) is 0.603. The van der Waals surface area contributed by atoms with Gasteiger partial charge in [0.25, 0.3) is 0 Å². The van der Waals surface area contributed by atoms with Crippen molar-refractivity contribution in [2.24, 2.45) is 5.92 Å². The molecule has 0 radical (unpaired) electrons. The second-order valence-electron chi connectivity index (χ2n) is 3.00. The highest BCUT2D eigenvalue weighted by Gasteiger charge is 1.93. The van der Waals surface area contributed by atoms with Crippen molar-refractivity contribution >= 4 is 0 Å². The average molecular weight is 154 g/mol. The average Bonchev–Trinajstić information content (AvgIpc) is 2.04. The van der Waals surface area contributed by atoms with E-state index in [9.17, 15) is 0 Å². The SMILES string of the molecule is C=CC(C)CC/C=C(\C)CO. The highest BCUT2D eigenvalue weighted by atomic mass is 16.3. The molecule has 0 rings (SSSR count). The van der Waals surface area contributed by atoms with Gasteiger partial charge in [0, 0.05) is 0 Å². The lowest BCUT2D eigenvalue weighted by atomic mass is 10.1. The van der Waals surface area contributed by atoms with E-state index in [1.807, 2.05) is 13.0 Å². The molecule has 0 aromatic carbocycles. The number of aliphatic hydroxyl groups excluding tert-OH is 1. The van der Waals surface area contributed by atoms with Crippen molar-refractivity contribution < 1.29 is 5.11 Å². The van der Waals surface area contributed by atoms with E-state index in [0.29, 0.717) is 5.92 Å². The Morgan fingerprint density at radius 2 is 2.27 bits per heavy atom. The van der Waals surface area contributed by atoms with Gasteiger partial charge in [-0.1, -0.05) is 24.6 Å². The summed E-state index contributed by atoms with van der Waals surface area (Å²) < 4.78 is 0. The summed E-state index contributed by atoms with van der Waals surface area (Å²) in [6, 6.07) is 0. The van der Waals surface area contributed by atoms with Gasteiger partial charge in [0.1, 0.15) is 0 Å². The van der Waals surface area contributed by atoms with E-state index in [1.165, 1.54) is 0 Å². The highest BCUT2D eigenvalue weighted by Crippen LogP contribution is 2.07. The van der Waals surface area contributed by atoms with Crippen LogP contribution < -0.4 is 0 Å². The standard InChI is InChI=1S/C10H18O/c1-4-9(2)6-5-7-10(3)8-11/h4,7,9,11H,1,5-6,8H2,2-3H3/b10-7+. The maximum atomic E-state index is 8.67. The number of hydrogen-bond donors (Lipinski definition) is 1. The molecule has 64 valence electrons. The normalized spacial score (nSPS) is 14.6. The summed E-state index contributed by atoms with van der Waals surface area (Å²) >= 11 is 0. The predicted molar refractivity (Wildman–Crippen MR) is 49.4 cm³/mol. The Morgan fingerprint density at radius 1 is 1.64 bits per heavy atom. The molecule has 0 fully saturated rings. The van der Waals surface area contributed by atoms with E-state index in [1.54, 1.807) is 0 Å². The van der Waals surface area contributed by atoms with Gasteiger partial charge in [0.2, 0.25) is 0 Å². The fraction of sp³-hybridized carbons (Fsp3) is 0.600. The molecule has 0 aromatic heterocycles. The van der Waals surface area contributed by atoms with Crippen molar-refractivity contribution in [1.82, 2.24) is 0 Å². The minimum atomic E-state index is 0.183. The molecule has 0 bridgehead atoms. The third kappa shape index (κ3) is 5.86. The first-order valence-corrected chi connectivity index (χ1v) is 4.09. The molecule has 0 amide bonds. The predicted octanol–water partition coefficient (Wildman–Crippen LogP) is 2.53. The second kappa shape index (κ2) is 6.17. The Balaban J connectivity index is 3.47. The lowest BCUT2D eigenvalue weighted by Crippen LogP contribution is -1.88. The van der Waals surface area contributed by atoms with Crippen LogP contribution in [0.5, 0.6) is 0 Å². The minimum absolute atomic E-state index is 0.183. The van der Waals surface area contributed by atoms with Gasteiger partial charge in [-0.05, 0) is 25.7 Å². The Hall–Kier alpha value is -0.560. The fourth-order valence-corrected chi connectivity index (χ4v) is 0.775. The van der Waals surface area contributed by atoms with E-state index < -0.39 is 0 Å². The third-order valence-electron chi connectivity index (χ3n) is 1.77. The van der Waals surface area contributed by atoms with Gasteiger partial charge < -0.3 is 5.11 Å². The zero-order valence-electron chi connectivity index (χ0n) is 7.51. The lowest BCUT2D eigenvalue weighted by Gasteiger charge is -2.01. The number of allylic oxidation sites excluding steroid dienone is 2. The topological polar surface area (TPSA) is 20.2 Å². The Labute approximate surface area is 69.4 Å². The van der Waals surface area contributed by atoms with Crippen LogP contribution in [0.1, 0.15) is 26.7 Å². The van der Waals surface area contributed by atoms with Gasteiger partial charge in [-0.25, -0.2) is 0 Å². The number of hydrogen-bond acceptors (Lipinski definition) is 1. The van der Waals surface area contributed by atoms with E-state index in [-0.39, 0.29) is 6.61 Å². The number of aliphatic hydroxyl groups is 1. The number of rotatable bonds is 5. The zero-order valence-corrected chi connectivity index (χ0v) is 7.51. The summed E-state index contributed by atoms with van der Waals surface area (Å²) in [4.78, 5) is 0. The van der Waals surface area contributed by atoms with Crippen LogP contribution in [0.4, 0.5) is 0 Å². The monoisotopic (exact) mass is 154 g/mol. The molecule has 1 N–H and O–H groups in total. The second-order valence-corrected chi connectivity index (χ2v) is 3.00. The van der Waals surface area contributed by atoms with Gasteiger partial charge in [-0.3, -0.25) is 0 Å². The van der Waals surface area contributed by atoms with Crippen LogP contribution in [0.2, 0.25) is 0 Å². The molecule has 0 saturated carbocycles. The highest BCUT2D eigenvalue weighted by molar-refractivity contribution is 4.97. The largest absolute Gasteiger partial charge is 0.392 e. The van der Waals surface area contributed by atoms with Crippen molar-refractivity contribution in [3.63, 3.8) is 0 Å². The van der Waals surface area contributed by atoms with Gasteiger partial charge in [-0.2, -0.15) is 0 Å². The molecule has 0 aliphatic rings. The van der Waals surface area contributed by atoms with Crippen LogP contribution in [0.25, 0.3) is 0 Å². The summed E-state index contributed by atoms with van der Waals surface area (Å²) in [7, 11) is 0. The first-order valence-electron chi connectivity index (χ1n) is 4.09. The van der Waals surface area contributed by atoms with Crippen molar-refractivity contribution in [3.05, 3.63) is 24.3 Å². The van der Waals surface area contributed by atoms with Gasteiger partial charge >= 0.3 is 0 Å². The van der Waals surface area contributed by atoms with Crippen LogP contribution in [0.3, 0.4) is 0 Å². The van der Waals surface area contributed by atoms with Crippen molar-refractivity contribution in [2.45, 2.75) is 26.7 Å². The summed E-state index contributed by atoms with van der Waals surface area (Å²) in [6.07, 6.45) is 6.21. The molecule has 0 spiro atoms. The Kier molecular flexibility index (Phi) is 5.86. The van der Waals surface area contributed by atoms with Gasteiger partial charge in [-0.15, -0.1) is 6.58 Å². The third-order valence-corrected chi connectivity index (χ3v) is 1.77. The molecule has 0 aliphatic heterocycles. The van der Waals surface area contributed by atoms with E-state index >= 15 is 0 Å². The Morgan fingerprint density at radius 3 is 2.73 bits per heavy atom. The summed E-state index contributed by atoms with van der Waals surface area (Å²) in [5.41, 5.74) is 1.06. The Bertz CT molecular complexity index is 136. The molecular weight excluding hydrogens is 136 g/mol. The molecule has 0 aromatic rings. The van der Waals surface area contributed by atoms with Crippen molar-refractivity contribution in [2.75, 3.05) is 6.61 Å². The summed E-state index contributed by atoms with van der Waals surface area (Å²) in [6.45, 7) is 7.98. The lowest BCUT2D eigenvalue weighted by molar-refractivity contribution is 0.330. The van der Waals surface area contributed by atoms with Crippen molar-refractivity contribution in [1.29, 1.82) is 0 Å². The minimum Gasteiger partial charge on any atom is -0.392 e. The molecule has 1 heteroatoms. The summed E-state index contributed by atoms with van der Waals surface area (Å²) in [5.74, 6) is 0.581. The van der Waals surface area contributed by atoms with Crippen LogP contribution in [-0.2, 0) is 0 Å². The maximum Gasteiger partial charge on any atom is 0.0639 e. The molecule has 0 aliphatic carbocycles. The molecule has 0 saturated heterocycles. The van der Waals surface area contributed by atoms with Crippen LogP contribution in [0.15, 0.2) is 24.3 Å². The molecule has 1 atom stereocenters. The first kappa shape index (κ1) is 10.4. The molecule has 0 heterocycles. The van der Waals surface area contributed by atoms with E-state index in [2.05, 4.69) is 19.6 Å². The van der Waals surface area contributed by atoms with Crippen LogP contribution in [-0.4, -0.2) is 11.7 Å². The van der Waals surface area contributed by atoms with Crippen LogP contribution >= 0.6 is 0 Å². The smallest absolute Gasteiger partial charge is 0.0639 e. The van der Waals surface area contributed by atoms with Crippen LogP contribution in [0, 0.1) is 5.92 Å². The first-order chi connectivity index (χ1) is 5.20. The summed E-state index contributed by atoms with van der Waals surface area (Å²) in [5, 5.41) is 8.67. The molecule has 1 nitrogen and oxygen atoms in total. The molecule has 1 unspecified atom stereocenters.